The Bertz CT molecular complexity index is 615. The van der Waals surface area contributed by atoms with E-state index in [1.54, 1.807) is 0 Å². The average molecular weight is 313 g/mol. The fraction of sp³-hybridized carbons (Fsp3) is 0.667. The van der Waals surface area contributed by atoms with Crippen LogP contribution < -0.4 is 0 Å². The van der Waals surface area contributed by atoms with Crippen LogP contribution in [-0.2, 0) is 0 Å². The summed E-state index contributed by atoms with van der Waals surface area (Å²) in [6.45, 7) is 4.39. The highest BCUT2D eigenvalue weighted by Gasteiger charge is 2.41. The standard InChI is InChI=1S/C21H31NO/c1-3-4-5-6-7-8-9-10-11-17-15-18(17)21-22-19-14-16(2)12-13-20(19)23-21/h12-14,17-18H,3-11,15H2,1-2H3/t17-,18-/m0/s1. The number of hydrogen-bond donors (Lipinski definition) is 0. The summed E-state index contributed by atoms with van der Waals surface area (Å²) in [7, 11) is 0. The summed E-state index contributed by atoms with van der Waals surface area (Å²) in [6, 6.07) is 6.28. The Hall–Kier alpha value is -1.31. The molecule has 126 valence electrons. The normalized spacial score (nSPS) is 20.3. The van der Waals surface area contributed by atoms with Crippen molar-refractivity contribution in [1.82, 2.24) is 4.98 Å². The molecule has 1 aliphatic carbocycles. The summed E-state index contributed by atoms with van der Waals surface area (Å²) in [4.78, 5) is 4.71. The lowest BCUT2D eigenvalue weighted by atomic mass is 10.1. The molecule has 0 unspecified atom stereocenters. The first-order chi connectivity index (χ1) is 11.3. The van der Waals surface area contributed by atoms with Gasteiger partial charge in [0.25, 0.3) is 0 Å². The van der Waals surface area contributed by atoms with Gasteiger partial charge in [-0.3, -0.25) is 0 Å². The molecule has 0 aliphatic heterocycles. The van der Waals surface area contributed by atoms with Crippen molar-refractivity contribution in [3.63, 3.8) is 0 Å². The van der Waals surface area contributed by atoms with Crippen molar-refractivity contribution in [3.8, 4) is 0 Å². The number of oxazole rings is 1. The molecule has 1 aromatic heterocycles. The number of unbranched alkanes of at least 4 members (excludes halogenated alkanes) is 7. The highest BCUT2D eigenvalue weighted by atomic mass is 16.3. The highest BCUT2D eigenvalue weighted by molar-refractivity contribution is 5.73. The van der Waals surface area contributed by atoms with Crippen LogP contribution in [0.4, 0.5) is 0 Å². The first-order valence-electron chi connectivity index (χ1n) is 9.65. The van der Waals surface area contributed by atoms with Gasteiger partial charge in [-0.1, -0.05) is 64.4 Å². The molecule has 0 bridgehead atoms. The van der Waals surface area contributed by atoms with Crippen LogP contribution in [-0.4, -0.2) is 4.98 Å². The summed E-state index contributed by atoms with van der Waals surface area (Å²) in [6.07, 6.45) is 13.9. The minimum absolute atomic E-state index is 0.590. The Labute approximate surface area is 140 Å². The van der Waals surface area contributed by atoms with E-state index in [-0.39, 0.29) is 0 Å². The van der Waals surface area contributed by atoms with Gasteiger partial charge in [0.15, 0.2) is 11.5 Å². The van der Waals surface area contributed by atoms with Crippen LogP contribution in [0, 0.1) is 12.8 Å². The van der Waals surface area contributed by atoms with Gasteiger partial charge in [0.2, 0.25) is 0 Å². The van der Waals surface area contributed by atoms with Gasteiger partial charge in [0.05, 0.1) is 0 Å². The molecular weight excluding hydrogens is 282 g/mol. The van der Waals surface area contributed by atoms with Gasteiger partial charge in [-0.15, -0.1) is 0 Å². The maximum absolute atomic E-state index is 5.95. The van der Waals surface area contributed by atoms with E-state index >= 15 is 0 Å². The maximum Gasteiger partial charge on any atom is 0.198 e. The Morgan fingerprint density at radius 2 is 1.78 bits per heavy atom. The Kier molecular flexibility index (Phi) is 5.75. The van der Waals surface area contributed by atoms with Crippen LogP contribution in [0.15, 0.2) is 22.6 Å². The van der Waals surface area contributed by atoms with Crippen LogP contribution in [0.25, 0.3) is 11.1 Å². The molecule has 1 heterocycles. The molecule has 1 aromatic carbocycles. The Balaban J connectivity index is 1.34. The summed E-state index contributed by atoms with van der Waals surface area (Å²) in [5, 5.41) is 0. The van der Waals surface area contributed by atoms with Gasteiger partial charge in [-0.05, 0) is 43.4 Å². The van der Waals surface area contributed by atoms with Gasteiger partial charge >= 0.3 is 0 Å². The lowest BCUT2D eigenvalue weighted by Gasteiger charge is -2.01. The van der Waals surface area contributed by atoms with Crippen LogP contribution >= 0.6 is 0 Å². The molecule has 23 heavy (non-hydrogen) atoms. The minimum atomic E-state index is 0.590. The molecule has 2 aromatic rings. The molecule has 2 heteroatoms. The van der Waals surface area contributed by atoms with E-state index in [4.69, 9.17) is 9.40 Å². The fourth-order valence-electron chi connectivity index (χ4n) is 3.62. The Morgan fingerprint density at radius 1 is 1.04 bits per heavy atom. The van der Waals surface area contributed by atoms with Crippen molar-refractivity contribution in [3.05, 3.63) is 29.7 Å². The third-order valence-electron chi connectivity index (χ3n) is 5.23. The van der Waals surface area contributed by atoms with Gasteiger partial charge in [0, 0.05) is 5.92 Å². The zero-order chi connectivity index (χ0) is 16.1. The molecule has 3 rings (SSSR count). The molecule has 0 N–H and O–H groups in total. The second-order valence-corrected chi connectivity index (χ2v) is 7.39. The van der Waals surface area contributed by atoms with Crippen LogP contribution in [0.3, 0.4) is 0 Å². The van der Waals surface area contributed by atoms with E-state index in [1.807, 2.05) is 0 Å². The first kappa shape index (κ1) is 16.5. The lowest BCUT2D eigenvalue weighted by molar-refractivity contribution is 0.504. The second-order valence-electron chi connectivity index (χ2n) is 7.39. The molecule has 1 fully saturated rings. The molecule has 0 spiro atoms. The summed E-state index contributed by atoms with van der Waals surface area (Å²) >= 11 is 0. The summed E-state index contributed by atoms with van der Waals surface area (Å²) in [5.41, 5.74) is 3.23. The molecule has 0 radical (unpaired) electrons. The molecule has 1 saturated carbocycles. The lowest BCUT2D eigenvalue weighted by Crippen LogP contribution is -1.86. The van der Waals surface area contributed by atoms with Crippen molar-refractivity contribution in [1.29, 1.82) is 0 Å². The number of fused-ring (bicyclic) bond motifs is 1. The molecular formula is C21H31NO. The molecule has 2 nitrogen and oxygen atoms in total. The summed E-state index contributed by atoms with van der Waals surface area (Å²) in [5.74, 6) is 2.40. The van der Waals surface area contributed by atoms with Crippen LogP contribution in [0.2, 0.25) is 0 Å². The molecule has 0 amide bonds. The predicted octanol–water partition coefficient (Wildman–Crippen LogP) is 6.77. The number of nitrogens with zero attached hydrogens (tertiary/aromatic N) is 1. The third kappa shape index (κ3) is 4.59. The smallest absolute Gasteiger partial charge is 0.198 e. The number of hydrogen-bond acceptors (Lipinski definition) is 2. The van der Waals surface area contributed by atoms with E-state index in [0.717, 1.165) is 22.9 Å². The van der Waals surface area contributed by atoms with Crippen LogP contribution in [0.1, 0.15) is 88.5 Å². The zero-order valence-corrected chi connectivity index (χ0v) is 14.8. The third-order valence-corrected chi connectivity index (χ3v) is 5.23. The van der Waals surface area contributed by atoms with Crippen molar-refractivity contribution in [2.45, 2.75) is 84.0 Å². The van der Waals surface area contributed by atoms with Gasteiger partial charge < -0.3 is 4.42 Å². The predicted molar refractivity (Wildman–Crippen MR) is 96.8 cm³/mol. The zero-order valence-electron chi connectivity index (χ0n) is 14.8. The highest BCUT2D eigenvalue weighted by Crippen LogP contribution is 2.50. The summed E-state index contributed by atoms with van der Waals surface area (Å²) < 4.78 is 5.95. The van der Waals surface area contributed by atoms with E-state index in [2.05, 4.69) is 32.0 Å². The topological polar surface area (TPSA) is 26.0 Å². The quantitative estimate of drug-likeness (QED) is 0.452. The largest absolute Gasteiger partial charge is 0.440 e. The van der Waals surface area contributed by atoms with Gasteiger partial charge in [-0.2, -0.15) is 0 Å². The van der Waals surface area contributed by atoms with E-state index < -0.39 is 0 Å². The van der Waals surface area contributed by atoms with Crippen LogP contribution in [0.5, 0.6) is 0 Å². The van der Waals surface area contributed by atoms with Crippen molar-refractivity contribution in [2.24, 2.45) is 5.92 Å². The van der Waals surface area contributed by atoms with Crippen molar-refractivity contribution in [2.75, 3.05) is 0 Å². The van der Waals surface area contributed by atoms with Gasteiger partial charge in [-0.25, -0.2) is 4.98 Å². The maximum atomic E-state index is 5.95. The Morgan fingerprint density at radius 3 is 2.57 bits per heavy atom. The number of rotatable bonds is 10. The van der Waals surface area contributed by atoms with E-state index in [9.17, 15) is 0 Å². The number of aryl methyl sites for hydroxylation is 1. The minimum Gasteiger partial charge on any atom is -0.440 e. The SMILES string of the molecule is CCCCCCCCCC[C@H]1C[C@@H]1c1nc2cc(C)ccc2o1. The van der Waals surface area contributed by atoms with Gasteiger partial charge in [0.1, 0.15) is 5.52 Å². The second kappa shape index (κ2) is 7.99. The monoisotopic (exact) mass is 313 g/mol. The number of aromatic nitrogens is 1. The molecule has 1 aliphatic rings. The molecule has 2 atom stereocenters. The average Bonchev–Trinajstić information content (AvgIpc) is 3.20. The number of benzene rings is 1. The first-order valence-corrected chi connectivity index (χ1v) is 9.65. The van der Waals surface area contributed by atoms with Crippen molar-refractivity contribution >= 4 is 11.1 Å². The fourth-order valence-corrected chi connectivity index (χ4v) is 3.62. The van der Waals surface area contributed by atoms with E-state index in [0.29, 0.717) is 5.92 Å². The van der Waals surface area contributed by atoms with Crippen molar-refractivity contribution < 1.29 is 4.42 Å². The van der Waals surface area contributed by atoms with E-state index in [1.165, 1.54) is 69.8 Å². The molecule has 0 saturated heterocycles.